The molecule has 0 fully saturated rings. The number of rotatable bonds is 3. The third kappa shape index (κ3) is 2.50. The number of hydrogen-bond donors (Lipinski definition) is 4. The van der Waals surface area contributed by atoms with Crippen LogP contribution in [0.1, 0.15) is 5.56 Å². The Morgan fingerprint density at radius 3 is 2.31 bits per heavy atom. The molecule has 0 radical (unpaired) electrons. The van der Waals surface area contributed by atoms with E-state index in [2.05, 4.69) is 20.5 Å². The first-order valence-corrected chi connectivity index (χ1v) is 4.51. The Labute approximate surface area is 84.2 Å². The Morgan fingerprint density at radius 2 is 1.69 bits per heavy atom. The molecule has 4 N–H and O–H groups in total. The van der Waals surface area contributed by atoms with Gasteiger partial charge in [0.2, 0.25) is 0 Å². The van der Waals surface area contributed by atoms with Crippen LogP contribution in [0.5, 0.6) is 17.2 Å². The van der Waals surface area contributed by atoms with Gasteiger partial charge in [-0.3, -0.25) is 4.34 Å². The molecule has 0 saturated heterocycles. The van der Waals surface area contributed by atoms with Crippen molar-refractivity contribution in [1.29, 1.82) is 0 Å². The van der Waals surface area contributed by atoms with Crippen LogP contribution in [0.4, 0.5) is 0 Å². The van der Waals surface area contributed by atoms with Crippen LogP contribution in [0, 0.1) is 0 Å². The number of aromatic hydroxyl groups is 3. The highest BCUT2D eigenvalue weighted by Crippen LogP contribution is 2.32. The summed E-state index contributed by atoms with van der Waals surface area (Å²) in [5, 5.41) is 27.5. The molecule has 5 heteroatoms. The number of halogens is 1. The molecule has 0 aromatic heterocycles. The van der Waals surface area contributed by atoms with Gasteiger partial charge in [-0.1, -0.05) is 0 Å². The lowest BCUT2D eigenvalue weighted by molar-refractivity contribution is 0.394. The van der Waals surface area contributed by atoms with Crippen LogP contribution in [0.15, 0.2) is 12.1 Å². The van der Waals surface area contributed by atoms with Crippen molar-refractivity contribution in [3.05, 3.63) is 17.7 Å². The van der Waals surface area contributed by atoms with Gasteiger partial charge in [-0.15, -0.1) is 0 Å². The molecule has 0 bridgehead atoms. The summed E-state index contributed by atoms with van der Waals surface area (Å²) < 4.78 is 2.73. The predicted molar refractivity (Wildman–Crippen MR) is 52.1 cm³/mol. The van der Waals surface area contributed by atoms with E-state index in [1.54, 1.807) is 0 Å². The van der Waals surface area contributed by atoms with Crippen LogP contribution in [0.25, 0.3) is 0 Å². The molecule has 0 atom stereocenters. The molecule has 13 heavy (non-hydrogen) atoms. The predicted octanol–water partition coefficient (Wildman–Crippen LogP) is 1.25. The molecular weight excluding hydrogens is 238 g/mol. The molecule has 0 saturated carbocycles. The summed E-state index contributed by atoms with van der Waals surface area (Å²) in [5.74, 6) is -0.548. The van der Waals surface area contributed by atoms with Crippen molar-refractivity contribution in [3.63, 3.8) is 0 Å². The fraction of sp³-hybridized carbons (Fsp3) is 0.250. The topological polar surface area (TPSA) is 72.7 Å². The minimum atomic E-state index is -0.312. The van der Waals surface area contributed by atoms with Gasteiger partial charge in [0.25, 0.3) is 0 Å². The van der Waals surface area contributed by atoms with Crippen molar-refractivity contribution >= 4 is 16.1 Å². The molecule has 72 valence electrons. The molecule has 1 aromatic carbocycles. The zero-order valence-corrected chi connectivity index (χ0v) is 8.37. The molecule has 0 spiro atoms. The van der Waals surface area contributed by atoms with E-state index in [-0.39, 0.29) is 17.2 Å². The lowest BCUT2D eigenvalue weighted by atomic mass is 10.1. The quantitative estimate of drug-likeness (QED) is 0.369. The number of nitrogens with one attached hydrogen (secondary N) is 1. The summed E-state index contributed by atoms with van der Waals surface area (Å²) in [7, 11) is 0. The van der Waals surface area contributed by atoms with Crippen LogP contribution in [0.3, 0.4) is 0 Å². The van der Waals surface area contributed by atoms with Gasteiger partial charge in [-0.2, -0.15) is 0 Å². The fourth-order valence-corrected chi connectivity index (χ4v) is 1.19. The Hall–Kier alpha value is -0.940. The van der Waals surface area contributed by atoms with Gasteiger partial charge in [0, 0.05) is 28.8 Å². The fourth-order valence-electron chi connectivity index (χ4n) is 0.991. The molecule has 4 nitrogen and oxygen atoms in total. The maximum atomic E-state index is 9.33. The zero-order valence-electron chi connectivity index (χ0n) is 6.79. The van der Waals surface area contributed by atoms with Crippen LogP contribution in [0.2, 0.25) is 0 Å². The third-order valence-corrected chi connectivity index (χ3v) is 2.06. The average Bonchev–Trinajstić information content (AvgIpc) is 2.09. The van der Waals surface area contributed by atoms with Crippen LogP contribution < -0.4 is 4.34 Å². The Bertz CT molecular complexity index is 304. The highest BCUT2D eigenvalue weighted by molar-refractivity contribution is 9.08. The Balaban J connectivity index is 2.88. The Morgan fingerprint density at radius 1 is 1.08 bits per heavy atom. The van der Waals surface area contributed by atoms with E-state index in [0.29, 0.717) is 18.5 Å². The standard InChI is InChI=1S/C8H10BrNO3/c9-10-2-1-5-3-7(12)8(13)4-6(5)11/h3-4,10-13H,1-2H2. The summed E-state index contributed by atoms with van der Waals surface area (Å²) in [4.78, 5) is 0. The zero-order chi connectivity index (χ0) is 9.84. The number of benzene rings is 1. The van der Waals surface area contributed by atoms with Gasteiger partial charge in [0.05, 0.1) is 0 Å². The van der Waals surface area contributed by atoms with Crippen molar-refractivity contribution in [2.45, 2.75) is 6.42 Å². The second kappa shape index (κ2) is 4.34. The Kier molecular flexibility index (Phi) is 3.39. The lowest BCUT2D eigenvalue weighted by Crippen LogP contribution is -2.03. The molecule has 0 unspecified atom stereocenters. The van der Waals surface area contributed by atoms with Crippen LogP contribution >= 0.6 is 16.1 Å². The van der Waals surface area contributed by atoms with Gasteiger partial charge < -0.3 is 15.3 Å². The first-order chi connectivity index (χ1) is 6.15. The van der Waals surface area contributed by atoms with E-state index >= 15 is 0 Å². The van der Waals surface area contributed by atoms with Crippen molar-refractivity contribution in [1.82, 2.24) is 4.34 Å². The number of phenolic OH excluding ortho intramolecular Hbond substituents is 3. The van der Waals surface area contributed by atoms with Gasteiger partial charge in [-0.25, -0.2) is 0 Å². The normalized spacial score (nSPS) is 10.2. The average molecular weight is 248 g/mol. The van der Waals surface area contributed by atoms with E-state index in [4.69, 9.17) is 10.2 Å². The number of hydrogen-bond acceptors (Lipinski definition) is 4. The second-order valence-electron chi connectivity index (χ2n) is 2.60. The van der Waals surface area contributed by atoms with Crippen LogP contribution in [-0.2, 0) is 6.42 Å². The first-order valence-electron chi connectivity index (χ1n) is 3.72. The highest BCUT2D eigenvalue weighted by Gasteiger charge is 2.06. The summed E-state index contributed by atoms with van der Waals surface area (Å²) in [6, 6.07) is 2.47. The van der Waals surface area contributed by atoms with E-state index in [9.17, 15) is 5.11 Å². The maximum absolute atomic E-state index is 9.33. The van der Waals surface area contributed by atoms with Gasteiger partial charge in [-0.05, 0) is 18.1 Å². The molecule has 0 aliphatic heterocycles. The highest BCUT2D eigenvalue weighted by atomic mass is 79.9. The van der Waals surface area contributed by atoms with E-state index in [1.807, 2.05) is 0 Å². The molecule has 0 amide bonds. The molecule has 0 aliphatic carbocycles. The third-order valence-electron chi connectivity index (χ3n) is 1.66. The van der Waals surface area contributed by atoms with E-state index in [0.717, 1.165) is 6.07 Å². The first kappa shape index (κ1) is 10.1. The summed E-state index contributed by atoms with van der Waals surface area (Å²) >= 11 is 3.02. The van der Waals surface area contributed by atoms with Crippen molar-refractivity contribution in [2.24, 2.45) is 0 Å². The molecule has 1 aromatic rings. The summed E-state index contributed by atoms with van der Waals surface area (Å²) in [6.07, 6.45) is 0.560. The van der Waals surface area contributed by atoms with Gasteiger partial charge >= 0.3 is 0 Å². The van der Waals surface area contributed by atoms with Crippen LogP contribution in [-0.4, -0.2) is 21.9 Å². The maximum Gasteiger partial charge on any atom is 0.161 e. The second-order valence-corrected chi connectivity index (χ2v) is 3.16. The van der Waals surface area contributed by atoms with E-state index in [1.165, 1.54) is 6.07 Å². The minimum Gasteiger partial charge on any atom is -0.508 e. The molecule has 0 aliphatic rings. The summed E-state index contributed by atoms with van der Waals surface area (Å²) in [6.45, 7) is 0.623. The van der Waals surface area contributed by atoms with Crippen molar-refractivity contribution in [2.75, 3.05) is 6.54 Å². The number of phenols is 3. The van der Waals surface area contributed by atoms with Gasteiger partial charge in [0.1, 0.15) is 5.75 Å². The van der Waals surface area contributed by atoms with Crippen molar-refractivity contribution < 1.29 is 15.3 Å². The smallest absolute Gasteiger partial charge is 0.161 e. The van der Waals surface area contributed by atoms with Gasteiger partial charge in [0.15, 0.2) is 11.5 Å². The van der Waals surface area contributed by atoms with E-state index < -0.39 is 0 Å². The lowest BCUT2D eigenvalue weighted by Gasteiger charge is -2.05. The molecular formula is C8H10BrNO3. The van der Waals surface area contributed by atoms with Crippen molar-refractivity contribution in [3.8, 4) is 17.2 Å². The summed E-state index contributed by atoms with van der Waals surface area (Å²) in [5.41, 5.74) is 0.585. The SMILES string of the molecule is Oc1cc(O)c(CCNBr)cc1O. The monoisotopic (exact) mass is 247 g/mol. The molecule has 0 heterocycles. The minimum absolute atomic E-state index is 0.0157. The largest absolute Gasteiger partial charge is 0.508 e. The molecule has 1 rings (SSSR count).